The molecule has 1 heterocycles. The summed E-state index contributed by atoms with van der Waals surface area (Å²) in [4.78, 5) is 15.5. The Morgan fingerprint density at radius 2 is 2.00 bits per heavy atom. The van der Waals surface area contributed by atoms with Gasteiger partial charge in [0.2, 0.25) is 0 Å². The molecule has 1 fully saturated rings. The summed E-state index contributed by atoms with van der Waals surface area (Å²) in [7, 11) is 1.69. The van der Waals surface area contributed by atoms with Crippen molar-refractivity contribution in [2.45, 2.75) is 65.0 Å². The van der Waals surface area contributed by atoms with E-state index in [-0.39, 0.29) is 18.0 Å². The van der Waals surface area contributed by atoms with Gasteiger partial charge >= 0.3 is 0 Å². The molecule has 1 saturated heterocycles. The monoisotopic (exact) mass is 376 g/mol. The molecule has 1 aliphatic rings. The van der Waals surface area contributed by atoms with E-state index >= 15 is 0 Å². The number of piperidine rings is 1. The van der Waals surface area contributed by atoms with Crippen molar-refractivity contribution in [3.8, 4) is 5.75 Å². The van der Waals surface area contributed by atoms with E-state index in [2.05, 4.69) is 39.1 Å². The Kier molecular flexibility index (Phi) is 8.58. The third-order valence-corrected chi connectivity index (χ3v) is 5.06. The van der Waals surface area contributed by atoms with Gasteiger partial charge in [0, 0.05) is 44.3 Å². The number of carbonyl (C=O) groups is 1. The third-order valence-electron chi connectivity index (χ3n) is 5.06. The fraction of sp³-hybridized carbons (Fsp3) is 0.682. The highest BCUT2D eigenvalue weighted by molar-refractivity contribution is 5.95. The first-order chi connectivity index (χ1) is 12.9. The first kappa shape index (κ1) is 21.7. The van der Waals surface area contributed by atoms with Gasteiger partial charge in [-0.15, -0.1) is 0 Å². The highest BCUT2D eigenvalue weighted by Gasteiger charge is 2.29. The van der Waals surface area contributed by atoms with Crippen molar-refractivity contribution >= 4 is 5.91 Å². The van der Waals surface area contributed by atoms with Crippen LogP contribution < -0.4 is 10.1 Å². The number of amides is 1. The average molecular weight is 377 g/mol. The smallest absolute Gasteiger partial charge is 0.254 e. The number of nitrogens with one attached hydrogen (secondary N) is 1. The molecule has 5 heteroatoms. The molecule has 1 aliphatic heterocycles. The number of ether oxygens (including phenoxy) is 2. The average Bonchev–Trinajstić information content (AvgIpc) is 2.65. The molecule has 0 bridgehead atoms. The Labute approximate surface area is 164 Å². The van der Waals surface area contributed by atoms with E-state index in [9.17, 15) is 4.79 Å². The summed E-state index contributed by atoms with van der Waals surface area (Å²) >= 11 is 0. The van der Waals surface area contributed by atoms with Crippen LogP contribution in [0.5, 0.6) is 5.75 Å². The molecular formula is C22H36N2O3. The van der Waals surface area contributed by atoms with Crippen LogP contribution >= 0.6 is 0 Å². The van der Waals surface area contributed by atoms with Crippen LogP contribution in [0.15, 0.2) is 18.2 Å². The molecule has 1 unspecified atom stereocenters. The zero-order chi connectivity index (χ0) is 19.8. The molecule has 1 aromatic carbocycles. The lowest BCUT2D eigenvalue weighted by Gasteiger charge is -2.37. The number of nitrogens with zero attached hydrogens (tertiary/aromatic N) is 1. The molecule has 1 aromatic rings. The van der Waals surface area contributed by atoms with Gasteiger partial charge in [0.15, 0.2) is 0 Å². The largest absolute Gasteiger partial charge is 0.493 e. The van der Waals surface area contributed by atoms with Crippen LogP contribution in [-0.4, -0.2) is 56.3 Å². The van der Waals surface area contributed by atoms with Crippen LogP contribution in [0.1, 0.15) is 68.8 Å². The second-order valence-electron chi connectivity index (χ2n) is 7.95. The Balaban J connectivity index is 2.24. The quantitative estimate of drug-likeness (QED) is 0.666. The predicted molar refractivity (Wildman–Crippen MR) is 110 cm³/mol. The van der Waals surface area contributed by atoms with Crippen LogP contribution in [0.25, 0.3) is 0 Å². The standard InChI is InChI=1S/C22H36N2O3/c1-16(2)18-12-19(14-21(13-18)27-11-7-10-26-5)22(25)24(17(3)4)20-8-6-9-23-15-20/h12-14,16-17,20,23H,6-11,15H2,1-5H3. The van der Waals surface area contributed by atoms with Crippen molar-refractivity contribution in [2.24, 2.45) is 0 Å². The van der Waals surface area contributed by atoms with E-state index < -0.39 is 0 Å². The fourth-order valence-electron chi connectivity index (χ4n) is 3.60. The summed E-state index contributed by atoms with van der Waals surface area (Å²) in [6, 6.07) is 6.39. The Hall–Kier alpha value is -1.59. The van der Waals surface area contributed by atoms with Gasteiger partial charge in [-0.05, 0) is 62.9 Å². The van der Waals surface area contributed by atoms with Gasteiger partial charge in [-0.25, -0.2) is 0 Å². The second-order valence-corrected chi connectivity index (χ2v) is 7.95. The van der Waals surface area contributed by atoms with Crippen molar-refractivity contribution < 1.29 is 14.3 Å². The Morgan fingerprint density at radius 1 is 1.22 bits per heavy atom. The van der Waals surface area contributed by atoms with Crippen molar-refractivity contribution in [1.82, 2.24) is 10.2 Å². The molecule has 0 aliphatic carbocycles. The van der Waals surface area contributed by atoms with E-state index in [1.807, 2.05) is 17.0 Å². The zero-order valence-corrected chi connectivity index (χ0v) is 17.6. The maximum atomic E-state index is 13.4. The molecule has 1 N–H and O–H groups in total. The fourth-order valence-corrected chi connectivity index (χ4v) is 3.60. The van der Waals surface area contributed by atoms with Crippen LogP contribution in [0.3, 0.4) is 0 Å². The highest BCUT2D eigenvalue weighted by atomic mass is 16.5. The molecule has 0 spiro atoms. The van der Waals surface area contributed by atoms with E-state index in [0.717, 1.165) is 49.2 Å². The first-order valence-corrected chi connectivity index (χ1v) is 10.2. The van der Waals surface area contributed by atoms with E-state index in [1.165, 1.54) is 0 Å². The lowest BCUT2D eigenvalue weighted by molar-refractivity contribution is 0.0573. The topological polar surface area (TPSA) is 50.8 Å². The van der Waals surface area contributed by atoms with Crippen LogP contribution in [-0.2, 0) is 4.74 Å². The Morgan fingerprint density at radius 3 is 2.59 bits per heavy atom. The van der Waals surface area contributed by atoms with Gasteiger partial charge in [-0.1, -0.05) is 13.8 Å². The number of methoxy groups -OCH3 is 1. The molecule has 1 atom stereocenters. The molecule has 0 aromatic heterocycles. The van der Waals surface area contributed by atoms with E-state index in [0.29, 0.717) is 19.1 Å². The number of benzene rings is 1. The van der Waals surface area contributed by atoms with Gasteiger partial charge in [0.25, 0.3) is 5.91 Å². The molecule has 0 saturated carbocycles. The molecule has 2 rings (SSSR count). The lowest BCUT2D eigenvalue weighted by atomic mass is 9.98. The van der Waals surface area contributed by atoms with Gasteiger partial charge in [0.1, 0.15) is 5.75 Å². The summed E-state index contributed by atoms with van der Waals surface area (Å²) in [6.45, 7) is 11.6. The highest BCUT2D eigenvalue weighted by Crippen LogP contribution is 2.26. The first-order valence-electron chi connectivity index (χ1n) is 10.2. The summed E-state index contributed by atoms with van der Waals surface area (Å²) < 4.78 is 11.0. The van der Waals surface area contributed by atoms with Crippen molar-refractivity contribution in [2.75, 3.05) is 33.4 Å². The normalized spacial score (nSPS) is 17.4. The van der Waals surface area contributed by atoms with Gasteiger partial charge in [-0.3, -0.25) is 4.79 Å². The maximum absolute atomic E-state index is 13.4. The lowest BCUT2D eigenvalue weighted by Crippen LogP contribution is -2.51. The van der Waals surface area contributed by atoms with Crippen LogP contribution in [0, 0.1) is 0 Å². The van der Waals surface area contributed by atoms with Crippen molar-refractivity contribution in [1.29, 1.82) is 0 Å². The molecule has 152 valence electrons. The van der Waals surface area contributed by atoms with Gasteiger partial charge in [0.05, 0.1) is 6.61 Å². The zero-order valence-electron chi connectivity index (χ0n) is 17.6. The minimum atomic E-state index is 0.0999. The van der Waals surface area contributed by atoms with Crippen LogP contribution in [0.2, 0.25) is 0 Å². The van der Waals surface area contributed by atoms with E-state index in [4.69, 9.17) is 9.47 Å². The molecular weight excluding hydrogens is 340 g/mol. The summed E-state index contributed by atoms with van der Waals surface area (Å²) in [5, 5.41) is 3.43. The molecule has 5 nitrogen and oxygen atoms in total. The number of rotatable bonds is 9. The summed E-state index contributed by atoms with van der Waals surface area (Å²) in [6.07, 6.45) is 3.00. The molecule has 0 radical (unpaired) electrons. The number of hydrogen-bond donors (Lipinski definition) is 1. The molecule has 27 heavy (non-hydrogen) atoms. The summed E-state index contributed by atoms with van der Waals surface area (Å²) in [5.74, 6) is 1.21. The van der Waals surface area contributed by atoms with Crippen LogP contribution in [0.4, 0.5) is 0 Å². The molecule has 1 amide bonds. The van der Waals surface area contributed by atoms with E-state index in [1.54, 1.807) is 7.11 Å². The minimum Gasteiger partial charge on any atom is -0.493 e. The third kappa shape index (κ3) is 6.22. The predicted octanol–water partition coefficient (Wildman–Crippen LogP) is 3.83. The van der Waals surface area contributed by atoms with Gasteiger partial charge < -0.3 is 19.7 Å². The van der Waals surface area contributed by atoms with Crippen molar-refractivity contribution in [3.05, 3.63) is 29.3 Å². The SMILES string of the molecule is COCCCOc1cc(C(=O)N(C(C)C)C2CCCNC2)cc(C(C)C)c1. The van der Waals surface area contributed by atoms with Gasteiger partial charge in [-0.2, -0.15) is 0 Å². The maximum Gasteiger partial charge on any atom is 0.254 e. The summed E-state index contributed by atoms with van der Waals surface area (Å²) in [5.41, 5.74) is 1.86. The van der Waals surface area contributed by atoms with Crippen molar-refractivity contribution in [3.63, 3.8) is 0 Å². The Bertz CT molecular complexity index is 595. The second kappa shape index (κ2) is 10.7. The minimum absolute atomic E-state index is 0.0999. The number of carbonyl (C=O) groups excluding carboxylic acids is 1. The number of hydrogen-bond acceptors (Lipinski definition) is 4.